The number of rotatable bonds is 1. The highest BCUT2D eigenvalue weighted by Gasteiger charge is 2.49. The highest BCUT2D eigenvalue weighted by molar-refractivity contribution is 5.85. The van der Waals surface area contributed by atoms with Crippen LogP contribution in [0.2, 0.25) is 0 Å². The Labute approximate surface area is 153 Å². The van der Waals surface area contributed by atoms with Crippen LogP contribution < -0.4 is 10.0 Å². The van der Waals surface area contributed by atoms with Gasteiger partial charge in [0.1, 0.15) is 6.04 Å². The number of H-pyrrole nitrogens is 1. The van der Waals surface area contributed by atoms with E-state index in [9.17, 15) is 9.90 Å². The molecular formula is C21H26N2O3. The Morgan fingerprint density at radius 1 is 1.31 bits per heavy atom. The van der Waals surface area contributed by atoms with Crippen molar-refractivity contribution in [2.75, 3.05) is 20.2 Å². The van der Waals surface area contributed by atoms with Crippen LogP contribution in [0, 0.1) is 17.8 Å². The van der Waals surface area contributed by atoms with Crippen molar-refractivity contribution in [3.05, 3.63) is 35.5 Å². The van der Waals surface area contributed by atoms with Gasteiger partial charge in [-0.1, -0.05) is 24.6 Å². The lowest BCUT2D eigenvalue weighted by molar-refractivity contribution is -0.945. The molecule has 2 aliphatic heterocycles. The van der Waals surface area contributed by atoms with Crippen molar-refractivity contribution >= 4 is 16.9 Å². The van der Waals surface area contributed by atoms with E-state index in [0.29, 0.717) is 18.4 Å². The van der Waals surface area contributed by atoms with Crippen LogP contribution in [0.3, 0.4) is 0 Å². The number of para-hydroxylation sites is 1. The van der Waals surface area contributed by atoms with Gasteiger partial charge >= 0.3 is 5.97 Å². The van der Waals surface area contributed by atoms with Gasteiger partial charge in [0.15, 0.2) is 0 Å². The summed E-state index contributed by atoms with van der Waals surface area (Å²) >= 11 is 0. The fraction of sp³-hybridized carbons (Fsp3) is 0.571. The second kappa shape index (κ2) is 6.10. The first-order valence-corrected chi connectivity index (χ1v) is 9.85. The minimum absolute atomic E-state index is 0.157. The molecule has 1 aromatic carbocycles. The molecule has 0 spiro atoms. The minimum atomic E-state index is -0.809. The van der Waals surface area contributed by atoms with Gasteiger partial charge in [-0.15, -0.1) is 6.10 Å². The van der Waals surface area contributed by atoms with Crippen LogP contribution in [0.4, 0.5) is 0 Å². The molecule has 0 amide bonds. The zero-order valence-electron chi connectivity index (χ0n) is 15.2. The third kappa shape index (κ3) is 2.33. The van der Waals surface area contributed by atoms with E-state index in [0.717, 1.165) is 32.4 Å². The Morgan fingerprint density at radius 2 is 2.15 bits per heavy atom. The Morgan fingerprint density at radius 3 is 3.00 bits per heavy atom. The number of aromatic nitrogens is 1. The number of carbonyl (C=O) groups excluding carboxylic acids is 1. The van der Waals surface area contributed by atoms with Crippen molar-refractivity contribution in [3.8, 4) is 0 Å². The number of hydrogen-bond acceptors (Lipinski definition) is 3. The maximum absolute atomic E-state index is 12.6. The molecule has 26 heavy (non-hydrogen) atoms. The third-order valence-electron chi connectivity index (χ3n) is 7.18. The Bertz CT molecular complexity index is 845. The first-order valence-electron chi connectivity index (χ1n) is 9.85. The van der Waals surface area contributed by atoms with Crippen molar-refractivity contribution in [1.29, 1.82) is 0 Å². The monoisotopic (exact) mass is 354 g/mol. The minimum Gasteiger partial charge on any atom is -0.851 e. The van der Waals surface area contributed by atoms with E-state index in [4.69, 9.17) is 4.74 Å². The van der Waals surface area contributed by atoms with E-state index in [1.54, 1.807) is 4.90 Å². The van der Waals surface area contributed by atoms with E-state index < -0.39 is 12.0 Å². The summed E-state index contributed by atoms with van der Waals surface area (Å²) in [7, 11) is 1.41. The average Bonchev–Trinajstić information content (AvgIpc) is 3.05. The summed E-state index contributed by atoms with van der Waals surface area (Å²) < 4.78 is 5.01. The Hall–Kier alpha value is -1.85. The quantitative estimate of drug-likeness (QED) is 0.737. The first kappa shape index (κ1) is 16.3. The summed E-state index contributed by atoms with van der Waals surface area (Å²) in [4.78, 5) is 17.6. The standard InChI is InChI=1S/C21H25N2O3/c1-26-21(25)19-15-10-17-20-14(13-4-2-3-5-16(13)22-20)8-9-23(17)11-12(15)6-7-18(19)24/h2-5,12,15,17-19,22H,6-11H2,1H3/q-1/p+1/t12-,15-,17-,18-,19+/m0/s1. The van der Waals surface area contributed by atoms with Gasteiger partial charge in [-0.25, -0.2) is 0 Å². The highest BCUT2D eigenvalue weighted by Crippen LogP contribution is 2.43. The Kier molecular flexibility index (Phi) is 3.83. The second-order valence-electron chi connectivity index (χ2n) is 8.30. The molecule has 3 aliphatic rings. The number of aromatic amines is 1. The molecule has 5 heteroatoms. The van der Waals surface area contributed by atoms with Crippen LogP contribution in [-0.4, -0.2) is 37.3 Å². The molecule has 3 heterocycles. The van der Waals surface area contributed by atoms with E-state index in [2.05, 4.69) is 29.2 Å². The van der Waals surface area contributed by atoms with Gasteiger partial charge in [-0.2, -0.15) is 0 Å². The first-order chi connectivity index (χ1) is 12.7. The van der Waals surface area contributed by atoms with Crippen molar-refractivity contribution in [1.82, 2.24) is 4.98 Å². The van der Waals surface area contributed by atoms with Gasteiger partial charge in [-0.05, 0) is 24.0 Å². The number of nitrogens with one attached hydrogen (secondary N) is 2. The number of carbonyl (C=O) groups is 1. The van der Waals surface area contributed by atoms with Gasteiger partial charge in [0.2, 0.25) is 0 Å². The zero-order chi connectivity index (χ0) is 17.8. The van der Waals surface area contributed by atoms with Crippen molar-refractivity contribution in [2.24, 2.45) is 17.8 Å². The smallest absolute Gasteiger partial charge is 0.307 e. The van der Waals surface area contributed by atoms with Crippen LogP contribution in [0.1, 0.15) is 36.6 Å². The van der Waals surface area contributed by atoms with Crippen LogP contribution >= 0.6 is 0 Å². The molecule has 1 saturated carbocycles. The maximum Gasteiger partial charge on any atom is 0.307 e. The van der Waals surface area contributed by atoms with Crippen LogP contribution in [0.15, 0.2) is 24.3 Å². The summed E-state index contributed by atoms with van der Waals surface area (Å²) in [6.45, 7) is 2.22. The number of methoxy groups -OCH3 is 1. The van der Waals surface area contributed by atoms with E-state index in [1.165, 1.54) is 29.3 Å². The van der Waals surface area contributed by atoms with Crippen molar-refractivity contribution in [2.45, 2.75) is 37.8 Å². The lowest BCUT2D eigenvalue weighted by Gasteiger charge is -2.51. The van der Waals surface area contributed by atoms with Gasteiger partial charge < -0.3 is 19.7 Å². The highest BCUT2D eigenvalue weighted by atomic mass is 16.5. The lowest BCUT2D eigenvalue weighted by Crippen LogP contribution is -3.15. The molecule has 2 aromatic rings. The largest absolute Gasteiger partial charge is 0.851 e. The van der Waals surface area contributed by atoms with E-state index in [-0.39, 0.29) is 11.9 Å². The molecule has 1 aromatic heterocycles. The molecule has 5 rings (SSSR count). The average molecular weight is 354 g/mol. The molecule has 2 fully saturated rings. The third-order valence-corrected chi connectivity index (χ3v) is 7.18. The topological polar surface area (TPSA) is 69.6 Å². The molecule has 0 radical (unpaired) electrons. The number of fused-ring (bicyclic) bond motifs is 6. The molecule has 6 atom stereocenters. The number of quaternary nitrogens is 1. The van der Waals surface area contributed by atoms with E-state index >= 15 is 0 Å². The summed E-state index contributed by atoms with van der Waals surface area (Å²) in [5.74, 6) is -0.142. The predicted octanol–water partition coefficient (Wildman–Crippen LogP) is 0.598. The molecule has 1 unspecified atom stereocenters. The Balaban J connectivity index is 1.52. The predicted molar refractivity (Wildman–Crippen MR) is 95.6 cm³/mol. The molecule has 2 N–H and O–H groups in total. The van der Waals surface area contributed by atoms with Crippen LogP contribution in [-0.2, 0) is 16.0 Å². The number of hydrogen-bond donors (Lipinski definition) is 2. The summed E-state index contributed by atoms with van der Waals surface area (Å²) in [6, 6.07) is 8.88. The molecule has 1 aliphatic carbocycles. The van der Waals surface area contributed by atoms with E-state index in [1.807, 2.05) is 0 Å². The second-order valence-corrected chi connectivity index (χ2v) is 8.30. The molecule has 5 nitrogen and oxygen atoms in total. The zero-order valence-corrected chi connectivity index (χ0v) is 15.2. The summed E-state index contributed by atoms with van der Waals surface area (Å²) in [5.41, 5.74) is 3.98. The van der Waals surface area contributed by atoms with Crippen LogP contribution in [0.5, 0.6) is 0 Å². The van der Waals surface area contributed by atoms with Gasteiger partial charge in [0.05, 0.1) is 25.9 Å². The maximum atomic E-state index is 12.6. The number of ether oxygens (including phenoxy) is 1. The fourth-order valence-corrected chi connectivity index (χ4v) is 5.99. The van der Waals surface area contributed by atoms with Crippen molar-refractivity contribution < 1.29 is 19.5 Å². The van der Waals surface area contributed by atoms with Gasteiger partial charge in [0.25, 0.3) is 0 Å². The molecular weight excluding hydrogens is 328 g/mol. The normalized spacial score (nSPS) is 36.1. The number of piperidine rings is 1. The molecule has 0 bridgehead atoms. The number of esters is 1. The van der Waals surface area contributed by atoms with Crippen LogP contribution in [0.25, 0.3) is 10.9 Å². The number of benzene rings is 1. The molecule has 1 saturated heterocycles. The lowest BCUT2D eigenvalue weighted by atomic mass is 9.65. The summed E-state index contributed by atoms with van der Waals surface area (Å²) in [6.07, 6.45) is 2.78. The molecule has 138 valence electrons. The van der Waals surface area contributed by atoms with Gasteiger partial charge in [0, 0.05) is 35.6 Å². The SMILES string of the molecule is COC(=O)[C@@H]1[C@H]2C[C@H]3c4[nH]c5ccccc5c4CC[NH+]3C[C@@H]2CC[C@@H]1[O-]. The summed E-state index contributed by atoms with van der Waals surface area (Å²) in [5, 5.41) is 13.9. The fourth-order valence-electron chi connectivity index (χ4n) is 5.99. The van der Waals surface area contributed by atoms with Crippen molar-refractivity contribution in [3.63, 3.8) is 0 Å². The van der Waals surface area contributed by atoms with Gasteiger partial charge in [-0.3, -0.25) is 4.79 Å².